The molecule has 0 aromatic carbocycles. The minimum Gasteiger partial charge on any atom is -0.508 e. The van der Waals surface area contributed by atoms with E-state index in [9.17, 15) is 19.8 Å². The van der Waals surface area contributed by atoms with Gasteiger partial charge < -0.3 is 10.2 Å². The second-order valence-electron chi connectivity index (χ2n) is 6.96. The number of carbonyl (C=O) groups excluding carboxylic acids is 2. The van der Waals surface area contributed by atoms with E-state index in [-0.39, 0.29) is 11.5 Å². The predicted octanol–water partition coefficient (Wildman–Crippen LogP) is 3.67. The van der Waals surface area contributed by atoms with E-state index in [1.807, 2.05) is 39.8 Å². The summed E-state index contributed by atoms with van der Waals surface area (Å²) in [7, 11) is 0. The molecule has 0 radical (unpaired) electrons. The predicted molar refractivity (Wildman–Crippen MR) is 91.0 cm³/mol. The van der Waals surface area contributed by atoms with Crippen LogP contribution in [0, 0.1) is 11.8 Å². The number of hydrogen-bond acceptors (Lipinski definition) is 4. The average Bonchev–Trinajstić information content (AvgIpc) is 2.62. The van der Waals surface area contributed by atoms with Crippen LogP contribution < -0.4 is 0 Å². The van der Waals surface area contributed by atoms with E-state index in [2.05, 4.69) is 0 Å². The number of carbonyl (C=O) groups is 2. The summed E-state index contributed by atoms with van der Waals surface area (Å²) in [6.45, 7) is 10.8. The lowest BCUT2D eigenvalue weighted by Gasteiger charge is -2.34. The zero-order chi connectivity index (χ0) is 17.9. The lowest BCUT2D eigenvalue weighted by molar-refractivity contribution is -0.128. The minimum absolute atomic E-state index is 0.247. The second kappa shape index (κ2) is 7.26. The van der Waals surface area contributed by atoms with E-state index in [0.29, 0.717) is 12.8 Å². The molecular formula is C19H28O4. The summed E-state index contributed by atoms with van der Waals surface area (Å²) in [6.07, 6.45) is 4.64. The molecule has 23 heavy (non-hydrogen) atoms. The molecule has 0 saturated carbocycles. The van der Waals surface area contributed by atoms with E-state index in [1.54, 1.807) is 6.92 Å². The van der Waals surface area contributed by atoms with E-state index in [0.717, 1.165) is 11.1 Å². The van der Waals surface area contributed by atoms with Crippen molar-refractivity contribution in [2.45, 2.75) is 60.0 Å². The van der Waals surface area contributed by atoms with Gasteiger partial charge in [-0.05, 0) is 53.4 Å². The van der Waals surface area contributed by atoms with Crippen LogP contribution in [0.2, 0.25) is 0 Å². The molecule has 1 rings (SSSR count). The summed E-state index contributed by atoms with van der Waals surface area (Å²) in [6, 6.07) is 0. The molecule has 0 heterocycles. The summed E-state index contributed by atoms with van der Waals surface area (Å²) in [5.41, 5.74) is 0.174. The molecule has 0 amide bonds. The Morgan fingerprint density at radius 2 is 1.70 bits per heavy atom. The smallest absolute Gasteiger partial charge is 0.176 e. The normalized spacial score (nSPS) is 25.3. The highest BCUT2D eigenvalue weighted by molar-refractivity contribution is 6.23. The first-order valence-corrected chi connectivity index (χ1v) is 8.01. The number of hydrogen-bond donors (Lipinski definition) is 2. The van der Waals surface area contributed by atoms with Crippen molar-refractivity contribution in [3.05, 3.63) is 34.6 Å². The van der Waals surface area contributed by atoms with E-state index in [1.165, 1.54) is 6.92 Å². The van der Waals surface area contributed by atoms with E-state index < -0.39 is 28.8 Å². The first-order valence-electron chi connectivity index (χ1n) is 8.01. The largest absolute Gasteiger partial charge is 0.508 e. The number of ketones is 2. The van der Waals surface area contributed by atoms with Crippen molar-refractivity contribution in [1.82, 2.24) is 0 Å². The molecule has 0 aromatic heterocycles. The van der Waals surface area contributed by atoms with Gasteiger partial charge in [0.05, 0.1) is 5.92 Å². The standard InChI is InChI=1S/C19H28O4/c1-11(2)7-9-13(5)19(23)15(10-8-12(3)4)17(21)16(14(6)20)18(19)22/h7-8,13,15,22-23H,9-10H2,1-6H3. The maximum absolute atomic E-state index is 12.6. The Labute approximate surface area is 138 Å². The molecule has 1 aliphatic rings. The highest BCUT2D eigenvalue weighted by Gasteiger charge is 2.56. The van der Waals surface area contributed by atoms with Crippen LogP contribution in [0.25, 0.3) is 0 Å². The number of aliphatic hydroxyl groups is 2. The summed E-state index contributed by atoms with van der Waals surface area (Å²) < 4.78 is 0. The molecule has 3 atom stereocenters. The van der Waals surface area contributed by atoms with Gasteiger partial charge in [-0.2, -0.15) is 0 Å². The highest BCUT2D eigenvalue weighted by Crippen LogP contribution is 2.45. The molecule has 0 aromatic rings. The SMILES string of the molecule is CC(=O)C1=C(O)C(O)(C(C)CC=C(C)C)C(CC=C(C)C)C1=O. The van der Waals surface area contributed by atoms with E-state index in [4.69, 9.17) is 0 Å². The van der Waals surface area contributed by atoms with Gasteiger partial charge in [0.1, 0.15) is 16.9 Å². The molecule has 0 bridgehead atoms. The molecule has 3 unspecified atom stereocenters. The lowest BCUT2D eigenvalue weighted by Crippen LogP contribution is -2.44. The molecule has 0 fully saturated rings. The van der Waals surface area contributed by atoms with Crippen molar-refractivity contribution in [3.8, 4) is 0 Å². The molecule has 0 aliphatic heterocycles. The first kappa shape index (κ1) is 19.4. The molecule has 0 spiro atoms. The van der Waals surface area contributed by atoms with Gasteiger partial charge in [0.15, 0.2) is 11.6 Å². The van der Waals surface area contributed by atoms with Crippen LogP contribution in [-0.4, -0.2) is 27.4 Å². The fourth-order valence-electron chi connectivity index (χ4n) is 3.01. The van der Waals surface area contributed by atoms with Crippen molar-refractivity contribution >= 4 is 11.6 Å². The molecule has 2 N–H and O–H groups in total. The Balaban J connectivity index is 3.33. The number of Topliss-reactive ketones (excluding diaryl/α,β-unsaturated/α-hetero) is 2. The summed E-state index contributed by atoms with van der Waals surface area (Å²) in [5.74, 6) is -2.62. The monoisotopic (exact) mass is 320 g/mol. The van der Waals surface area contributed by atoms with Crippen molar-refractivity contribution in [1.29, 1.82) is 0 Å². The zero-order valence-electron chi connectivity index (χ0n) is 14.9. The lowest BCUT2D eigenvalue weighted by atomic mass is 9.75. The molecule has 0 saturated heterocycles. The summed E-state index contributed by atoms with van der Waals surface area (Å²) >= 11 is 0. The van der Waals surface area contributed by atoms with E-state index >= 15 is 0 Å². The van der Waals surface area contributed by atoms with Gasteiger partial charge >= 0.3 is 0 Å². The van der Waals surface area contributed by atoms with Crippen LogP contribution in [0.5, 0.6) is 0 Å². The third-order valence-corrected chi connectivity index (χ3v) is 4.46. The van der Waals surface area contributed by atoms with Gasteiger partial charge in [0.25, 0.3) is 0 Å². The first-order chi connectivity index (χ1) is 10.5. The number of rotatable bonds is 6. The van der Waals surface area contributed by atoms with Crippen LogP contribution in [0.1, 0.15) is 54.4 Å². The van der Waals surface area contributed by atoms with Crippen LogP contribution >= 0.6 is 0 Å². The minimum atomic E-state index is -1.70. The Kier molecular flexibility index (Phi) is 6.11. The van der Waals surface area contributed by atoms with Gasteiger partial charge in [0, 0.05) is 0 Å². The van der Waals surface area contributed by atoms with Crippen molar-refractivity contribution in [3.63, 3.8) is 0 Å². The Morgan fingerprint density at radius 3 is 2.13 bits per heavy atom. The summed E-state index contributed by atoms with van der Waals surface area (Å²) in [5, 5.41) is 21.6. The Morgan fingerprint density at radius 1 is 1.17 bits per heavy atom. The van der Waals surface area contributed by atoms with Gasteiger partial charge in [-0.3, -0.25) is 9.59 Å². The molecule has 4 nitrogen and oxygen atoms in total. The highest BCUT2D eigenvalue weighted by atomic mass is 16.3. The maximum atomic E-state index is 12.6. The van der Waals surface area contributed by atoms with Crippen molar-refractivity contribution in [2.75, 3.05) is 0 Å². The average molecular weight is 320 g/mol. The fourth-order valence-corrected chi connectivity index (χ4v) is 3.01. The van der Waals surface area contributed by atoms with Gasteiger partial charge in [0.2, 0.25) is 0 Å². The molecular weight excluding hydrogens is 292 g/mol. The number of aliphatic hydroxyl groups excluding tert-OH is 1. The molecule has 4 heteroatoms. The van der Waals surface area contributed by atoms with Crippen LogP contribution in [0.4, 0.5) is 0 Å². The van der Waals surface area contributed by atoms with Gasteiger partial charge in [-0.15, -0.1) is 0 Å². The van der Waals surface area contributed by atoms with Crippen molar-refractivity contribution < 1.29 is 19.8 Å². The molecule has 128 valence electrons. The maximum Gasteiger partial charge on any atom is 0.176 e. The van der Waals surface area contributed by atoms with Crippen LogP contribution in [0.15, 0.2) is 34.6 Å². The third-order valence-electron chi connectivity index (χ3n) is 4.46. The zero-order valence-corrected chi connectivity index (χ0v) is 14.9. The second-order valence-corrected chi connectivity index (χ2v) is 6.96. The van der Waals surface area contributed by atoms with Gasteiger partial charge in [-0.1, -0.05) is 30.2 Å². The van der Waals surface area contributed by atoms with Crippen LogP contribution in [0.3, 0.4) is 0 Å². The van der Waals surface area contributed by atoms with Crippen LogP contribution in [-0.2, 0) is 9.59 Å². The quantitative estimate of drug-likeness (QED) is 0.578. The Bertz CT molecular complexity index is 586. The third kappa shape index (κ3) is 3.81. The summed E-state index contributed by atoms with van der Waals surface area (Å²) in [4.78, 5) is 24.3. The van der Waals surface area contributed by atoms with Crippen molar-refractivity contribution in [2.24, 2.45) is 11.8 Å². The Hall–Kier alpha value is -1.68. The topological polar surface area (TPSA) is 74.6 Å². The number of allylic oxidation sites excluding steroid dienone is 5. The molecule has 1 aliphatic carbocycles. The van der Waals surface area contributed by atoms with Gasteiger partial charge in [-0.25, -0.2) is 0 Å². The fraction of sp³-hybridized carbons (Fsp3) is 0.579.